The molecule has 0 spiro atoms. The van der Waals surface area contributed by atoms with Gasteiger partial charge in [0.25, 0.3) is 11.6 Å². The monoisotopic (exact) mass is 400 g/mol. The number of rotatable bonds is 6. The van der Waals surface area contributed by atoms with Gasteiger partial charge in [0.05, 0.1) is 10.6 Å². The molecule has 1 aliphatic rings. The van der Waals surface area contributed by atoms with E-state index in [1.165, 1.54) is 44.2 Å². The summed E-state index contributed by atoms with van der Waals surface area (Å²) in [4.78, 5) is 46.8. The van der Waals surface area contributed by atoms with E-state index in [4.69, 9.17) is 14.2 Å². The summed E-state index contributed by atoms with van der Waals surface area (Å²) in [6.07, 6.45) is 0. The first kappa shape index (κ1) is 19.8. The molecule has 2 aromatic rings. The molecule has 0 aromatic heterocycles. The van der Waals surface area contributed by atoms with Crippen molar-refractivity contribution in [2.24, 2.45) is 0 Å². The van der Waals surface area contributed by atoms with Crippen molar-refractivity contribution in [1.29, 1.82) is 0 Å². The topological polar surface area (TPSA) is 134 Å². The lowest BCUT2D eigenvalue weighted by Crippen LogP contribution is -2.22. The number of Topliss-reactive ketones (excluding diaryl/α,β-unsaturated/α-hetero) is 1. The molecule has 0 bridgehead atoms. The van der Waals surface area contributed by atoms with Gasteiger partial charge in [-0.3, -0.25) is 19.7 Å². The van der Waals surface area contributed by atoms with Crippen molar-refractivity contribution in [3.8, 4) is 11.5 Å². The zero-order chi connectivity index (χ0) is 21.1. The molecule has 1 heterocycles. The van der Waals surface area contributed by atoms with Crippen LogP contribution in [-0.4, -0.2) is 36.0 Å². The van der Waals surface area contributed by atoms with Crippen LogP contribution in [0, 0.1) is 17.0 Å². The number of carbonyl (C=O) groups excluding carboxylic acids is 3. The molecule has 29 heavy (non-hydrogen) atoms. The number of hydrogen-bond donors (Lipinski definition) is 1. The maximum absolute atomic E-state index is 12.3. The van der Waals surface area contributed by atoms with E-state index in [0.717, 1.165) is 0 Å². The highest BCUT2D eigenvalue weighted by Gasteiger charge is 2.25. The molecule has 1 aliphatic heterocycles. The summed E-state index contributed by atoms with van der Waals surface area (Å²) in [5, 5.41) is 13.6. The molecule has 0 unspecified atom stereocenters. The van der Waals surface area contributed by atoms with E-state index in [0.29, 0.717) is 17.1 Å². The number of nitro groups is 1. The second-order valence-corrected chi connectivity index (χ2v) is 6.16. The largest absolute Gasteiger partial charge is 0.454 e. The smallest absolute Gasteiger partial charge is 0.345 e. The van der Waals surface area contributed by atoms with Crippen molar-refractivity contribution in [1.82, 2.24) is 0 Å². The van der Waals surface area contributed by atoms with Gasteiger partial charge < -0.3 is 19.5 Å². The van der Waals surface area contributed by atoms with Crippen LogP contribution in [-0.2, 0) is 9.53 Å². The van der Waals surface area contributed by atoms with Crippen molar-refractivity contribution < 1.29 is 33.5 Å². The number of ketones is 1. The fourth-order valence-corrected chi connectivity index (χ4v) is 2.80. The predicted molar refractivity (Wildman–Crippen MR) is 99.3 cm³/mol. The maximum atomic E-state index is 12.3. The van der Waals surface area contributed by atoms with Gasteiger partial charge >= 0.3 is 5.97 Å². The summed E-state index contributed by atoms with van der Waals surface area (Å²) in [6.45, 7) is 2.15. The van der Waals surface area contributed by atoms with Crippen molar-refractivity contribution >= 4 is 29.0 Å². The van der Waals surface area contributed by atoms with Gasteiger partial charge in [-0.1, -0.05) is 12.1 Å². The number of benzene rings is 2. The predicted octanol–water partition coefficient (Wildman–Crippen LogP) is 2.63. The number of carbonyl (C=O) groups is 3. The van der Waals surface area contributed by atoms with Crippen LogP contribution in [0.25, 0.3) is 0 Å². The van der Waals surface area contributed by atoms with Gasteiger partial charge in [-0.05, 0) is 25.5 Å². The number of anilines is 1. The Morgan fingerprint density at radius 3 is 2.55 bits per heavy atom. The molecule has 0 radical (unpaired) electrons. The Balaban J connectivity index is 1.72. The number of esters is 1. The molecule has 10 nitrogen and oxygen atoms in total. The van der Waals surface area contributed by atoms with E-state index in [2.05, 4.69) is 5.32 Å². The number of nitrogens with zero attached hydrogens (tertiary/aromatic N) is 1. The lowest BCUT2D eigenvalue weighted by molar-refractivity contribution is -0.385. The van der Waals surface area contributed by atoms with Gasteiger partial charge in [-0.15, -0.1) is 0 Å². The minimum absolute atomic E-state index is 0.00308. The summed E-state index contributed by atoms with van der Waals surface area (Å²) in [7, 11) is 0. The van der Waals surface area contributed by atoms with Gasteiger partial charge in [0, 0.05) is 17.7 Å². The number of fused-ring (bicyclic) bond motifs is 1. The molecule has 0 saturated carbocycles. The average molecular weight is 400 g/mol. The van der Waals surface area contributed by atoms with Crippen molar-refractivity contribution in [3.63, 3.8) is 0 Å². The number of aryl methyl sites for hydroxylation is 1. The lowest BCUT2D eigenvalue weighted by atomic mass is 10.1. The Morgan fingerprint density at radius 1 is 1.21 bits per heavy atom. The van der Waals surface area contributed by atoms with Gasteiger partial charge in [0.1, 0.15) is 5.56 Å². The van der Waals surface area contributed by atoms with Crippen LogP contribution < -0.4 is 14.8 Å². The number of nitro benzene ring substituents is 1. The number of hydrogen-bond acceptors (Lipinski definition) is 8. The molecule has 0 aliphatic carbocycles. The van der Waals surface area contributed by atoms with E-state index < -0.39 is 29.1 Å². The molecule has 0 fully saturated rings. The minimum Gasteiger partial charge on any atom is -0.454 e. The van der Waals surface area contributed by atoms with Crippen LogP contribution >= 0.6 is 0 Å². The Hall–Kier alpha value is -3.95. The van der Waals surface area contributed by atoms with Gasteiger partial charge in [-0.25, -0.2) is 4.79 Å². The van der Waals surface area contributed by atoms with Crippen LogP contribution in [0.1, 0.15) is 33.2 Å². The van der Waals surface area contributed by atoms with E-state index in [9.17, 15) is 24.5 Å². The van der Waals surface area contributed by atoms with E-state index in [1.807, 2.05) is 0 Å². The maximum Gasteiger partial charge on any atom is 0.345 e. The molecule has 0 saturated heterocycles. The highest BCUT2D eigenvalue weighted by atomic mass is 16.7. The summed E-state index contributed by atoms with van der Waals surface area (Å²) in [5.41, 5.74) is 0.0789. The van der Waals surface area contributed by atoms with Crippen LogP contribution in [0.15, 0.2) is 30.3 Å². The normalized spacial score (nSPS) is 11.7. The molecule has 0 atom stereocenters. The summed E-state index contributed by atoms with van der Waals surface area (Å²) < 4.78 is 15.4. The molecular weight excluding hydrogens is 384 g/mol. The van der Waals surface area contributed by atoms with Crippen molar-refractivity contribution in [2.45, 2.75) is 13.8 Å². The first-order valence-electron chi connectivity index (χ1n) is 8.43. The second-order valence-electron chi connectivity index (χ2n) is 6.16. The van der Waals surface area contributed by atoms with Crippen LogP contribution in [0.3, 0.4) is 0 Å². The Labute approximate surface area is 164 Å². The van der Waals surface area contributed by atoms with Gasteiger partial charge in [0.15, 0.2) is 23.9 Å². The summed E-state index contributed by atoms with van der Waals surface area (Å²) >= 11 is 0. The third-order valence-electron chi connectivity index (χ3n) is 4.15. The molecule has 10 heteroatoms. The Morgan fingerprint density at radius 2 is 1.90 bits per heavy atom. The Bertz CT molecular complexity index is 1030. The van der Waals surface area contributed by atoms with Crippen molar-refractivity contribution in [2.75, 3.05) is 18.7 Å². The van der Waals surface area contributed by atoms with Crippen LogP contribution in [0.2, 0.25) is 0 Å². The third-order valence-corrected chi connectivity index (χ3v) is 4.15. The molecule has 3 rings (SSSR count). The molecule has 2 aromatic carbocycles. The van der Waals surface area contributed by atoms with Crippen LogP contribution in [0.5, 0.6) is 11.5 Å². The first-order valence-corrected chi connectivity index (χ1v) is 8.43. The number of amides is 1. The van der Waals surface area contributed by atoms with E-state index in [1.54, 1.807) is 0 Å². The van der Waals surface area contributed by atoms with E-state index >= 15 is 0 Å². The molecule has 1 amide bonds. The zero-order valence-corrected chi connectivity index (χ0v) is 15.5. The number of ether oxygens (including phenoxy) is 3. The van der Waals surface area contributed by atoms with Crippen molar-refractivity contribution in [3.05, 3.63) is 57.1 Å². The lowest BCUT2D eigenvalue weighted by Gasteiger charge is -2.11. The summed E-state index contributed by atoms with van der Waals surface area (Å²) in [5.74, 6) is -1.30. The zero-order valence-electron chi connectivity index (χ0n) is 15.5. The SMILES string of the molecule is CC(=O)c1cc2c(cc1NC(=O)COC(=O)c1c(C)cccc1[N+](=O)[O-])OCO2. The molecular formula is C19H16N2O8. The highest BCUT2D eigenvalue weighted by molar-refractivity contribution is 6.05. The Kier molecular flexibility index (Phi) is 5.44. The fraction of sp³-hybridized carbons (Fsp3) is 0.211. The fourth-order valence-electron chi connectivity index (χ4n) is 2.80. The van der Waals surface area contributed by atoms with Gasteiger partial charge in [0.2, 0.25) is 6.79 Å². The average Bonchev–Trinajstić information content (AvgIpc) is 3.12. The van der Waals surface area contributed by atoms with Gasteiger partial charge in [-0.2, -0.15) is 0 Å². The van der Waals surface area contributed by atoms with E-state index in [-0.39, 0.29) is 29.4 Å². The third kappa shape index (κ3) is 4.15. The molecule has 1 N–H and O–H groups in total. The minimum atomic E-state index is -0.998. The standard InChI is InChI=1S/C19H16N2O8/c1-10-4-3-5-14(21(25)26)18(10)19(24)27-8-17(23)20-13-7-16-15(28-9-29-16)6-12(13)11(2)22/h3-7H,8-9H2,1-2H3,(H,20,23). The highest BCUT2D eigenvalue weighted by Crippen LogP contribution is 2.37. The second kappa shape index (κ2) is 7.97. The van der Waals surface area contributed by atoms with Crippen LogP contribution in [0.4, 0.5) is 11.4 Å². The molecule has 150 valence electrons. The summed E-state index contributed by atoms with van der Waals surface area (Å²) in [6, 6.07) is 7.03. The number of nitrogens with one attached hydrogen (secondary N) is 1. The first-order chi connectivity index (χ1) is 13.8. The quantitative estimate of drug-likeness (QED) is 0.338.